The third kappa shape index (κ3) is 3.52. The van der Waals surface area contributed by atoms with Crippen molar-refractivity contribution >= 4 is 11.9 Å². The van der Waals surface area contributed by atoms with Gasteiger partial charge >= 0.3 is 5.97 Å². The Hall–Kier alpha value is -2.74. The molecule has 1 unspecified atom stereocenters. The van der Waals surface area contributed by atoms with Gasteiger partial charge < -0.3 is 10.0 Å². The van der Waals surface area contributed by atoms with E-state index in [1.807, 2.05) is 0 Å². The summed E-state index contributed by atoms with van der Waals surface area (Å²) in [7, 11) is 0. The number of hydrogen-bond acceptors (Lipinski definition) is 4. The van der Waals surface area contributed by atoms with Gasteiger partial charge in [-0.15, -0.1) is 0 Å². The van der Waals surface area contributed by atoms with E-state index in [4.69, 9.17) is 0 Å². The van der Waals surface area contributed by atoms with Crippen molar-refractivity contribution in [1.82, 2.24) is 20.0 Å². The van der Waals surface area contributed by atoms with E-state index in [0.717, 1.165) is 43.6 Å². The molecular formula is C20H23FN4O3. The number of fused-ring (bicyclic) bond motifs is 1. The van der Waals surface area contributed by atoms with Crippen LogP contribution in [0.5, 0.6) is 0 Å². The molecule has 3 heterocycles. The second kappa shape index (κ2) is 7.71. The summed E-state index contributed by atoms with van der Waals surface area (Å²) in [5, 5.41) is 16.0. The summed E-state index contributed by atoms with van der Waals surface area (Å²) >= 11 is 0. The predicted octanol–water partition coefficient (Wildman–Crippen LogP) is 2.36. The van der Waals surface area contributed by atoms with E-state index in [0.29, 0.717) is 18.5 Å². The van der Waals surface area contributed by atoms with Gasteiger partial charge in [0, 0.05) is 30.8 Å². The number of aromatic carboxylic acids is 1. The normalized spacial score (nSPS) is 18.5. The van der Waals surface area contributed by atoms with Crippen LogP contribution in [0, 0.1) is 5.82 Å². The third-order valence-corrected chi connectivity index (χ3v) is 5.62. The van der Waals surface area contributed by atoms with E-state index in [-0.39, 0.29) is 24.0 Å². The first-order chi connectivity index (χ1) is 13.5. The van der Waals surface area contributed by atoms with Crippen molar-refractivity contribution in [1.29, 1.82) is 0 Å². The number of aromatic amines is 1. The number of aromatic nitrogens is 2. The second-order valence-corrected chi connectivity index (χ2v) is 7.39. The maximum atomic E-state index is 13.5. The number of carbonyl (C=O) groups is 2. The van der Waals surface area contributed by atoms with Crippen LogP contribution in [0.3, 0.4) is 0 Å². The summed E-state index contributed by atoms with van der Waals surface area (Å²) in [5.74, 6) is -1.50. The Balaban J connectivity index is 1.62. The first-order valence-corrected chi connectivity index (χ1v) is 9.62. The Morgan fingerprint density at radius 1 is 1.11 bits per heavy atom. The summed E-state index contributed by atoms with van der Waals surface area (Å²) in [6.07, 6.45) is 3.74. The fourth-order valence-electron chi connectivity index (χ4n) is 4.16. The molecule has 2 N–H and O–H groups in total. The van der Waals surface area contributed by atoms with E-state index >= 15 is 0 Å². The molecule has 0 radical (unpaired) electrons. The number of benzene rings is 1. The average Bonchev–Trinajstić information content (AvgIpc) is 3.14. The van der Waals surface area contributed by atoms with Crippen molar-refractivity contribution in [2.24, 2.45) is 0 Å². The van der Waals surface area contributed by atoms with Crippen molar-refractivity contribution < 1.29 is 19.1 Å². The minimum Gasteiger partial charge on any atom is -0.476 e. The maximum Gasteiger partial charge on any atom is 0.356 e. The smallest absolute Gasteiger partial charge is 0.356 e. The van der Waals surface area contributed by atoms with Crippen LogP contribution in [0.4, 0.5) is 4.39 Å². The standard InChI is InChI=1S/C20H23FN4O3/c21-14-6-4-13(5-7-14)18(24-9-2-1-3-10-24)19(26)25-11-8-16-15(12-25)17(20(27)28)23-22-16/h4-7,18H,1-3,8-12H2,(H,22,23)(H,27,28). The second-order valence-electron chi connectivity index (χ2n) is 7.39. The summed E-state index contributed by atoms with van der Waals surface area (Å²) < 4.78 is 13.4. The Bertz CT molecular complexity index is 874. The quantitative estimate of drug-likeness (QED) is 0.842. The number of hydrogen-bond donors (Lipinski definition) is 2. The highest BCUT2D eigenvalue weighted by atomic mass is 19.1. The van der Waals surface area contributed by atoms with Gasteiger partial charge in [0.05, 0.1) is 0 Å². The summed E-state index contributed by atoms with van der Waals surface area (Å²) in [6, 6.07) is 5.62. The van der Waals surface area contributed by atoms with Crippen LogP contribution in [0.15, 0.2) is 24.3 Å². The van der Waals surface area contributed by atoms with E-state index in [9.17, 15) is 19.1 Å². The number of nitrogens with one attached hydrogen (secondary N) is 1. The zero-order valence-corrected chi connectivity index (χ0v) is 15.5. The molecule has 1 amide bonds. The van der Waals surface area contributed by atoms with Gasteiger partial charge in [0.2, 0.25) is 5.91 Å². The van der Waals surface area contributed by atoms with Crippen molar-refractivity contribution in [3.05, 3.63) is 52.6 Å². The minimum atomic E-state index is -1.10. The van der Waals surface area contributed by atoms with Crippen LogP contribution < -0.4 is 0 Å². The predicted molar refractivity (Wildman–Crippen MR) is 99.2 cm³/mol. The van der Waals surface area contributed by atoms with Gasteiger partial charge in [-0.3, -0.25) is 14.8 Å². The molecule has 1 fully saturated rings. The Kier molecular flexibility index (Phi) is 5.13. The maximum absolute atomic E-state index is 13.5. The Morgan fingerprint density at radius 3 is 2.50 bits per heavy atom. The molecule has 0 bridgehead atoms. The number of H-pyrrole nitrogens is 1. The highest BCUT2D eigenvalue weighted by Gasteiger charge is 2.35. The molecule has 148 valence electrons. The number of carboxylic acid groups (broad SMARTS) is 1. The molecule has 0 spiro atoms. The highest BCUT2D eigenvalue weighted by Crippen LogP contribution is 2.30. The van der Waals surface area contributed by atoms with Crippen molar-refractivity contribution in [3.63, 3.8) is 0 Å². The van der Waals surface area contributed by atoms with E-state index in [1.165, 1.54) is 12.1 Å². The molecular weight excluding hydrogens is 363 g/mol. The molecule has 28 heavy (non-hydrogen) atoms. The fourth-order valence-corrected chi connectivity index (χ4v) is 4.16. The zero-order valence-electron chi connectivity index (χ0n) is 15.5. The van der Waals surface area contributed by atoms with Gasteiger partial charge in [0.15, 0.2) is 5.69 Å². The first kappa shape index (κ1) is 18.6. The highest BCUT2D eigenvalue weighted by molar-refractivity contribution is 5.88. The summed E-state index contributed by atoms with van der Waals surface area (Å²) in [6.45, 7) is 2.36. The average molecular weight is 386 g/mol. The number of nitrogens with zero attached hydrogens (tertiary/aromatic N) is 3. The Labute approximate surface area is 162 Å². The van der Waals surface area contributed by atoms with E-state index in [2.05, 4.69) is 15.1 Å². The van der Waals surface area contributed by atoms with Crippen LogP contribution >= 0.6 is 0 Å². The summed E-state index contributed by atoms with van der Waals surface area (Å²) in [4.78, 5) is 28.8. The lowest BCUT2D eigenvalue weighted by molar-refractivity contribution is -0.138. The minimum absolute atomic E-state index is 0.0243. The SMILES string of the molecule is O=C(O)c1n[nH]c2c1CN(C(=O)C(c1ccc(F)cc1)N1CCCCC1)CC2. The van der Waals surface area contributed by atoms with Gasteiger partial charge in [-0.05, 0) is 43.6 Å². The molecule has 0 aliphatic carbocycles. The van der Waals surface area contributed by atoms with Gasteiger partial charge in [0.1, 0.15) is 11.9 Å². The number of piperidine rings is 1. The van der Waals surface area contributed by atoms with Crippen LogP contribution in [0.2, 0.25) is 0 Å². The van der Waals surface area contributed by atoms with E-state index < -0.39 is 12.0 Å². The van der Waals surface area contributed by atoms with Gasteiger partial charge in [-0.2, -0.15) is 5.10 Å². The molecule has 2 aromatic rings. The van der Waals surface area contributed by atoms with Crippen molar-refractivity contribution in [2.75, 3.05) is 19.6 Å². The topological polar surface area (TPSA) is 89.5 Å². The van der Waals surface area contributed by atoms with E-state index in [1.54, 1.807) is 17.0 Å². The molecule has 2 aliphatic rings. The number of likely N-dealkylation sites (tertiary alicyclic amines) is 1. The lowest BCUT2D eigenvalue weighted by Crippen LogP contribution is -2.46. The number of rotatable bonds is 4. The number of halogens is 1. The molecule has 1 atom stereocenters. The van der Waals surface area contributed by atoms with Crippen LogP contribution in [-0.2, 0) is 17.8 Å². The number of amides is 1. The molecule has 4 rings (SSSR count). The summed E-state index contributed by atoms with van der Waals surface area (Å²) in [5.41, 5.74) is 2.09. The molecule has 8 heteroatoms. The number of carbonyl (C=O) groups excluding carboxylic acids is 1. The van der Waals surface area contributed by atoms with Crippen LogP contribution in [-0.4, -0.2) is 56.6 Å². The molecule has 1 aromatic heterocycles. The van der Waals surface area contributed by atoms with Gasteiger partial charge in [-0.1, -0.05) is 18.6 Å². The fraction of sp³-hybridized carbons (Fsp3) is 0.450. The zero-order chi connectivity index (χ0) is 19.7. The molecule has 0 saturated carbocycles. The van der Waals surface area contributed by atoms with Gasteiger partial charge in [0.25, 0.3) is 0 Å². The molecule has 2 aliphatic heterocycles. The molecule has 7 nitrogen and oxygen atoms in total. The number of carboxylic acids is 1. The van der Waals surface area contributed by atoms with Crippen LogP contribution in [0.25, 0.3) is 0 Å². The first-order valence-electron chi connectivity index (χ1n) is 9.62. The molecule has 1 saturated heterocycles. The van der Waals surface area contributed by atoms with Crippen molar-refractivity contribution in [3.8, 4) is 0 Å². The molecule has 1 aromatic carbocycles. The lowest BCUT2D eigenvalue weighted by Gasteiger charge is -2.38. The monoisotopic (exact) mass is 386 g/mol. The van der Waals surface area contributed by atoms with Gasteiger partial charge in [-0.25, -0.2) is 9.18 Å². The van der Waals surface area contributed by atoms with Crippen molar-refractivity contribution in [2.45, 2.75) is 38.3 Å². The third-order valence-electron chi connectivity index (χ3n) is 5.62. The largest absolute Gasteiger partial charge is 0.476 e. The lowest BCUT2D eigenvalue weighted by atomic mass is 9.98. The van der Waals surface area contributed by atoms with Crippen LogP contribution in [0.1, 0.15) is 52.6 Å². The Morgan fingerprint density at radius 2 is 1.82 bits per heavy atom.